The summed E-state index contributed by atoms with van der Waals surface area (Å²) in [6.45, 7) is 3.47. The molecule has 25 heavy (non-hydrogen) atoms. The maximum absolute atomic E-state index is 12.4. The lowest BCUT2D eigenvalue weighted by atomic mass is 10.3. The van der Waals surface area contributed by atoms with Gasteiger partial charge in [0.2, 0.25) is 0 Å². The normalized spacial score (nSPS) is 15.6. The molecule has 2 aromatic heterocycles. The Morgan fingerprint density at radius 2 is 2.12 bits per heavy atom. The fraction of sp³-hybridized carbons (Fsp3) is 0.357. The molecule has 3 heterocycles. The van der Waals surface area contributed by atoms with Crippen LogP contribution in [0.2, 0.25) is 0 Å². The van der Waals surface area contributed by atoms with E-state index in [0.29, 0.717) is 5.82 Å². The van der Waals surface area contributed by atoms with Crippen molar-refractivity contribution in [2.45, 2.75) is 11.3 Å². The molecule has 0 atom stereocenters. The van der Waals surface area contributed by atoms with Crippen LogP contribution < -0.4 is 14.9 Å². The van der Waals surface area contributed by atoms with Crippen molar-refractivity contribution in [3.05, 3.63) is 29.5 Å². The molecule has 2 aromatic rings. The monoisotopic (exact) mass is 383 g/mol. The molecule has 0 spiro atoms. The van der Waals surface area contributed by atoms with Crippen molar-refractivity contribution in [3.8, 4) is 0 Å². The third-order valence-electron chi connectivity index (χ3n) is 3.69. The van der Waals surface area contributed by atoms with Crippen molar-refractivity contribution < 1.29 is 18.3 Å². The summed E-state index contributed by atoms with van der Waals surface area (Å²) in [6, 6.07) is 3.12. The van der Waals surface area contributed by atoms with Crippen LogP contribution in [0.3, 0.4) is 0 Å². The first kappa shape index (κ1) is 17.6. The molecule has 1 fully saturated rings. The van der Waals surface area contributed by atoms with Crippen LogP contribution in [-0.4, -0.2) is 55.6 Å². The minimum absolute atomic E-state index is 0.0323. The van der Waals surface area contributed by atoms with Gasteiger partial charge in [-0.3, -0.25) is 4.72 Å². The minimum Gasteiger partial charge on any atom is -0.476 e. The number of nitrogens with one attached hydrogen (secondary N) is 2. The van der Waals surface area contributed by atoms with Crippen LogP contribution in [0.25, 0.3) is 0 Å². The highest BCUT2D eigenvalue weighted by Gasteiger charge is 2.21. The highest BCUT2D eigenvalue weighted by Crippen LogP contribution is 2.24. The quantitative estimate of drug-likeness (QED) is 0.694. The van der Waals surface area contributed by atoms with Crippen LogP contribution in [-0.2, 0) is 10.0 Å². The SMILES string of the molecule is O=C(O)c1ncsc1NS(=O)(=O)c1ccc(N2CCCNCC2)nc1. The summed E-state index contributed by atoms with van der Waals surface area (Å²) in [5.74, 6) is -0.575. The molecule has 0 aliphatic carbocycles. The Labute approximate surface area is 148 Å². The van der Waals surface area contributed by atoms with Crippen LogP contribution in [0.5, 0.6) is 0 Å². The molecule has 1 saturated heterocycles. The Balaban J connectivity index is 1.78. The maximum Gasteiger partial charge on any atom is 0.357 e. The Morgan fingerprint density at radius 3 is 2.84 bits per heavy atom. The third-order valence-corrected chi connectivity index (χ3v) is 5.90. The lowest BCUT2D eigenvalue weighted by molar-refractivity contribution is 0.0692. The first-order valence-corrected chi connectivity index (χ1v) is 9.95. The second kappa shape index (κ2) is 7.33. The minimum atomic E-state index is -3.93. The van der Waals surface area contributed by atoms with Crippen molar-refractivity contribution >= 4 is 38.1 Å². The lowest BCUT2D eigenvalue weighted by Gasteiger charge is -2.21. The lowest BCUT2D eigenvalue weighted by Crippen LogP contribution is -2.28. The van der Waals surface area contributed by atoms with E-state index in [0.717, 1.165) is 43.9 Å². The van der Waals surface area contributed by atoms with E-state index in [4.69, 9.17) is 5.11 Å². The summed E-state index contributed by atoms with van der Waals surface area (Å²) in [6.07, 6.45) is 2.27. The molecule has 0 saturated carbocycles. The standard InChI is InChI=1S/C14H17N5O4S2/c20-14(21)12-13(24-9-17-12)18-25(22,23)10-2-3-11(16-8-10)19-6-1-4-15-5-7-19/h2-3,8-9,15,18H,1,4-7H2,(H,20,21). The molecular formula is C14H17N5O4S2. The molecule has 3 rings (SSSR count). The van der Waals surface area contributed by atoms with Crippen LogP contribution in [0, 0.1) is 0 Å². The van der Waals surface area contributed by atoms with E-state index in [1.165, 1.54) is 17.8 Å². The topological polar surface area (TPSA) is 125 Å². The van der Waals surface area contributed by atoms with Crippen molar-refractivity contribution in [1.29, 1.82) is 0 Å². The van der Waals surface area contributed by atoms with Crippen molar-refractivity contribution in [2.24, 2.45) is 0 Å². The number of aromatic nitrogens is 2. The van der Waals surface area contributed by atoms with Gasteiger partial charge in [0.25, 0.3) is 10.0 Å². The zero-order valence-corrected chi connectivity index (χ0v) is 14.8. The largest absolute Gasteiger partial charge is 0.476 e. The summed E-state index contributed by atoms with van der Waals surface area (Å²) < 4.78 is 27.1. The van der Waals surface area contributed by atoms with Gasteiger partial charge in [0.1, 0.15) is 15.7 Å². The van der Waals surface area contributed by atoms with Gasteiger partial charge < -0.3 is 15.3 Å². The number of pyridine rings is 1. The van der Waals surface area contributed by atoms with Crippen molar-refractivity contribution in [1.82, 2.24) is 15.3 Å². The van der Waals surface area contributed by atoms with E-state index in [1.807, 2.05) is 0 Å². The van der Waals surface area contributed by atoms with Crippen LogP contribution in [0.4, 0.5) is 10.8 Å². The number of carboxylic acids is 1. The smallest absolute Gasteiger partial charge is 0.357 e. The molecule has 1 aliphatic heterocycles. The van der Waals surface area contributed by atoms with Crippen LogP contribution >= 0.6 is 11.3 Å². The number of hydrogen-bond donors (Lipinski definition) is 3. The zero-order chi connectivity index (χ0) is 17.9. The molecule has 0 bridgehead atoms. The van der Waals surface area contributed by atoms with Gasteiger partial charge in [-0.05, 0) is 25.1 Å². The third kappa shape index (κ3) is 4.06. The van der Waals surface area contributed by atoms with E-state index in [-0.39, 0.29) is 15.6 Å². The zero-order valence-electron chi connectivity index (χ0n) is 13.2. The van der Waals surface area contributed by atoms with E-state index < -0.39 is 16.0 Å². The molecule has 0 unspecified atom stereocenters. The summed E-state index contributed by atoms with van der Waals surface area (Å²) in [5, 5.41) is 12.3. The number of nitrogens with zero attached hydrogens (tertiary/aromatic N) is 3. The second-order valence-electron chi connectivity index (χ2n) is 5.38. The van der Waals surface area contributed by atoms with E-state index in [9.17, 15) is 13.2 Å². The van der Waals surface area contributed by atoms with Gasteiger partial charge >= 0.3 is 5.97 Å². The first-order valence-electron chi connectivity index (χ1n) is 7.59. The molecule has 11 heteroatoms. The Hall–Kier alpha value is -2.24. The molecule has 9 nitrogen and oxygen atoms in total. The summed E-state index contributed by atoms with van der Waals surface area (Å²) in [7, 11) is -3.93. The van der Waals surface area contributed by atoms with E-state index in [2.05, 4.69) is 24.9 Å². The predicted molar refractivity (Wildman–Crippen MR) is 93.8 cm³/mol. The first-order chi connectivity index (χ1) is 12.0. The predicted octanol–water partition coefficient (Wildman–Crippen LogP) is 0.837. The van der Waals surface area contributed by atoms with Crippen LogP contribution in [0.1, 0.15) is 16.9 Å². The molecule has 134 valence electrons. The number of carboxylic acid groups (broad SMARTS) is 1. The number of sulfonamides is 1. The molecule has 3 N–H and O–H groups in total. The van der Waals surface area contributed by atoms with Crippen LogP contribution in [0.15, 0.2) is 28.7 Å². The number of carbonyl (C=O) groups is 1. The van der Waals surface area contributed by atoms with Gasteiger partial charge in [-0.15, -0.1) is 11.3 Å². The number of hydrogen-bond acceptors (Lipinski definition) is 8. The fourth-order valence-corrected chi connectivity index (χ4v) is 4.38. The highest BCUT2D eigenvalue weighted by molar-refractivity contribution is 7.93. The average Bonchev–Trinajstić information content (AvgIpc) is 2.87. The molecular weight excluding hydrogens is 366 g/mol. The Morgan fingerprint density at radius 1 is 1.28 bits per heavy atom. The summed E-state index contributed by atoms with van der Waals surface area (Å²) in [5.41, 5.74) is 0.950. The van der Waals surface area contributed by atoms with Gasteiger partial charge in [0.05, 0.1) is 5.51 Å². The molecule has 0 radical (unpaired) electrons. The van der Waals surface area contributed by atoms with Gasteiger partial charge in [-0.25, -0.2) is 23.2 Å². The summed E-state index contributed by atoms with van der Waals surface area (Å²) in [4.78, 5) is 21.0. The second-order valence-corrected chi connectivity index (χ2v) is 7.92. The number of aromatic carboxylic acids is 1. The van der Waals surface area contributed by atoms with E-state index in [1.54, 1.807) is 6.07 Å². The maximum atomic E-state index is 12.4. The number of thiazole rings is 1. The fourth-order valence-electron chi connectivity index (χ4n) is 2.45. The molecule has 1 aliphatic rings. The molecule has 0 aromatic carbocycles. The van der Waals surface area contributed by atoms with Gasteiger partial charge in [0.15, 0.2) is 5.69 Å². The Bertz CT molecular complexity index is 842. The summed E-state index contributed by atoms with van der Waals surface area (Å²) >= 11 is 0.910. The van der Waals surface area contributed by atoms with Gasteiger partial charge in [0, 0.05) is 25.8 Å². The highest BCUT2D eigenvalue weighted by atomic mass is 32.2. The number of anilines is 2. The van der Waals surface area contributed by atoms with Gasteiger partial charge in [-0.1, -0.05) is 0 Å². The van der Waals surface area contributed by atoms with Gasteiger partial charge in [-0.2, -0.15) is 0 Å². The molecule has 0 amide bonds. The average molecular weight is 383 g/mol. The Kier molecular flexibility index (Phi) is 5.16. The number of rotatable bonds is 5. The van der Waals surface area contributed by atoms with Crippen molar-refractivity contribution in [3.63, 3.8) is 0 Å². The van der Waals surface area contributed by atoms with E-state index >= 15 is 0 Å². The van der Waals surface area contributed by atoms with Crippen molar-refractivity contribution in [2.75, 3.05) is 35.8 Å².